The summed E-state index contributed by atoms with van der Waals surface area (Å²) >= 11 is 0. The molecule has 8 heteroatoms. The minimum atomic E-state index is -0.282. The highest BCUT2D eigenvalue weighted by Gasteiger charge is 2.18. The third-order valence-corrected chi connectivity index (χ3v) is 4.52. The van der Waals surface area contributed by atoms with Crippen molar-refractivity contribution in [3.05, 3.63) is 78.6 Å². The molecule has 0 aliphatic carbocycles. The quantitative estimate of drug-likeness (QED) is 0.411. The van der Waals surface area contributed by atoms with E-state index in [1.807, 2.05) is 22.8 Å². The molecule has 0 atom stereocenters. The molecule has 1 aromatic carbocycles. The average molecular weight is 409 g/mol. The summed E-state index contributed by atoms with van der Waals surface area (Å²) in [7, 11) is 0. The number of carbonyl (C=O) groups excluding carboxylic acids is 1. The Labute approximate surface area is 179 Å². The Bertz CT molecular complexity index is 1270. The van der Waals surface area contributed by atoms with Gasteiger partial charge in [-0.1, -0.05) is 18.2 Å². The van der Waals surface area contributed by atoms with Crippen LogP contribution in [-0.2, 0) is 0 Å². The molecule has 1 amide bonds. The van der Waals surface area contributed by atoms with Crippen molar-refractivity contribution in [3.63, 3.8) is 0 Å². The second-order valence-electron chi connectivity index (χ2n) is 6.91. The summed E-state index contributed by atoms with van der Waals surface area (Å²) in [5, 5.41) is 10.9. The van der Waals surface area contributed by atoms with E-state index in [0.29, 0.717) is 28.3 Å². The first-order chi connectivity index (χ1) is 15.1. The van der Waals surface area contributed by atoms with Crippen molar-refractivity contribution in [2.24, 2.45) is 0 Å². The van der Waals surface area contributed by atoms with Crippen molar-refractivity contribution in [3.8, 4) is 34.7 Å². The third kappa shape index (κ3) is 4.31. The smallest absolute Gasteiger partial charge is 0.262 e. The first kappa shape index (κ1) is 19.9. The highest BCUT2D eigenvalue weighted by molar-refractivity contribution is 5.95. The van der Waals surface area contributed by atoms with Gasteiger partial charge in [-0.15, -0.1) is 10.2 Å². The van der Waals surface area contributed by atoms with E-state index < -0.39 is 0 Å². The lowest BCUT2D eigenvalue weighted by molar-refractivity contribution is 0.0973. The minimum Gasteiger partial charge on any atom is -0.311 e. The molecule has 152 valence electrons. The lowest BCUT2D eigenvalue weighted by Gasteiger charge is -2.12. The molecule has 4 rings (SSSR count). The van der Waals surface area contributed by atoms with E-state index in [9.17, 15) is 4.79 Å². The zero-order chi connectivity index (χ0) is 21.6. The van der Waals surface area contributed by atoms with Gasteiger partial charge in [0.1, 0.15) is 24.0 Å². The number of hydrogen-bond acceptors (Lipinski definition) is 6. The molecule has 0 saturated heterocycles. The number of carbonyl (C=O) groups is 1. The molecule has 0 fully saturated rings. The zero-order valence-corrected chi connectivity index (χ0v) is 17.0. The van der Waals surface area contributed by atoms with Crippen LogP contribution >= 0.6 is 0 Å². The fourth-order valence-electron chi connectivity index (χ4n) is 3.01. The van der Waals surface area contributed by atoms with E-state index in [4.69, 9.17) is 0 Å². The number of amides is 1. The van der Waals surface area contributed by atoms with Crippen LogP contribution in [0.15, 0.2) is 67.5 Å². The van der Waals surface area contributed by atoms with E-state index in [1.165, 1.54) is 6.33 Å². The second kappa shape index (κ2) is 8.97. The van der Waals surface area contributed by atoms with E-state index in [-0.39, 0.29) is 11.9 Å². The molecule has 31 heavy (non-hydrogen) atoms. The predicted octanol–water partition coefficient (Wildman–Crippen LogP) is 3.12. The van der Waals surface area contributed by atoms with Crippen LogP contribution in [0, 0.1) is 12.0 Å². The van der Waals surface area contributed by atoms with Gasteiger partial charge in [0.25, 0.3) is 5.91 Å². The van der Waals surface area contributed by atoms with Crippen molar-refractivity contribution in [1.82, 2.24) is 35.0 Å². The summed E-state index contributed by atoms with van der Waals surface area (Å²) in [5.74, 6) is 3.34. The van der Waals surface area contributed by atoms with E-state index in [1.54, 1.807) is 43.0 Å². The van der Waals surface area contributed by atoms with Crippen LogP contribution in [0.4, 0.5) is 0 Å². The molecule has 0 unspecified atom stereocenters. The lowest BCUT2D eigenvalue weighted by Crippen LogP contribution is -2.17. The molecule has 0 radical (unpaired) electrons. The van der Waals surface area contributed by atoms with Gasteiger partial charge < -0.3 is 4.57 Å². The lowest BCUT2D eigenvalue weighted by atomic mass is 10.1. The number of hydrogen-bond donors (Lipinski definition) is 1. The monoisotopic (exact) mass is 409 g/mol. The predicted molar refractivity (Wildman–Crippen MR) is 115 cm³/mol. The van der Waals surface area contributed by atoms with Crippen LogP contribution in [-0.4, -0.2) is 35.6 Å². The largest absolute Gasteiger partial charge is 0.311 e. The average Bonchev–Trinajstić information content (AvgIpc) is 3.30. The fourth-order valence-corrected chi connectivity index (χ4v) is 3.01. The molecule has 0 aliphatic rings. The van der Waals surface area contributed by atoms with Gasteiger partial charge >= 0.3 is 0 Å². The van der Waals surface area contributed by atoms with E-state index in [2.05, 4.69) is 56.3 Å². The van der Waals surface area contributed by atoms with Crippen LogP contribution < -0.4 is 5.32 Å². The minimum absolute atomic E-state index is 0.177. The summed E-state index contributed by atoms with van der Waals surface area (Å²) in [6.07, 6.45) is 6.41. The molecule has 8 nitrogen and oxygen atoms in total. The normalized spacial score (nSPS) is 10.4. The van der Waals surface area contributed by atoms with Crippen LogP contribution in [0.5, 0.6) is 0 Å². The topological polar surface area (TPSA) is 98.5 Å². The Morgan fingerprint density at radius 1 is 1.06 bits per heavy atom. The maximum absolute atomic E-state index is 12.2. The van der Waals surface area contributed by atoms with Gasteiger partial charge in [0.05, 0.1) is 5.56 Å². The molecule has 3 heterocycles. The van der Waals surface area contributed by atoms with Gasteiger partial charge in [0, 0.05) is 35.6 Å². The number of pyridine rings is 1. The molecule has 0 saturated carbocycles. The highest BCUT2D eigenvalue weighted by atomic mass is 16.1. The zero-order valence-electron chi connectivity index (χ0n) is 17.0. The van der Waals surface area contributed by atoms with Crippen molar-refractivity contribution < 1.29 is 4.79 Å². The Hall–Kier alpha value is -4.38. The van der Waals surface area contributed by atoms with Crippen molar-refractivity contribution in [2.45, 2.75) is 19.9 Å². The third-order valence-electron chi connectivity index (χ3n) is 4.52. The van der Waals surface area contributed by atoms with Gasteiger partial charge in [-0.2, -0.15) is 0 Å². The molecule has 4 aromatic rings. The molecule has 1 N–H and O–H groups in total. The first-order valence-electron chi connectivity index (χ1n) is 9.67. The number of rotatable bonds is 4. The molecular weight excluding hydrogens is 390 g/mol. The molecule has 3 aromatic heterocycles. The summed E-state index contributed by atoms with van der Waals surface area (Å²) in [6.45, 7) is 4.11. The van der Waals surface area contributed by atoms with Crippen molar-refractivity contribution >= 4 is 5.91 Å². The Morgan fingerprint density at radius 3 is 2.71 bits per heavy atom. The van der Waals surface area contributed by atoms with Crippen LogP contribution in [0.2, 0.25) is 0 Å². The first-order valence-corrected chi connectivity index (χ1v) is 9.67. The van der Waals surface area contributed by atoms with Gasteiger partial charge in [0.2, 0.25) is 0 Å². The summed E-state index contributed by atoms with van der Waals surface area (Å²) < 4.78 is 1.97. The SMILES string of the molecule is CC(C)n1cnnc1-c1cccnc1-c1ncncc1C#CNC(=O)c1ccccc1. The summed E-state index contributed by atoms with van der Waals surface area (Å²) in [4.78, 5) is 25.2. The van der Waals surface area contributed by atoms with Crippen LogP contribution in [0.1, 0.15) is 35.8 Å². The number of aromatic nitrogens is 6. The maximum atomic E-state index is 12.2. The summed E-state index contributed by atoms with van der Waals surface area (Å²) in [6, 6.07) is 15.5. The Morgan fingerprint density at radius 2 is 1.90 bits per heavy atom. The second-order valence-corrected chi connectivity index (χ2v) is 6.91. The number of benzene rings is 1. The highest BCUT2D eigenvalue weighted by Crippen LogP contribution is 2.30. The van der Waals surface area contributed by atoms with Crippen molar-refractivity contribution in [1.29, 1.82) is 0 Å². The summed E-state index contributed by atoms with van der Waals surface area (Å²) in [5.41, 5.74) is 3.00. The molecule has 0 spiro atoms. The van der Waals surface area contributed by atoms with Gasteiger partial charge in [-0.05, 0) is 44.0 Å². The van der Waals surface area contributed by atoms with Gasteiger partial charge in [-0.3, -0.25) is 15.1 Å². The fraction of sp³-hybridized carbons (Fsp3) is 0.130. The molecule has 0 aliphatic heterocycles. The number of nitrogens with zero attached hydrogens (tertiary/aromatic N) is 6. The van der Waals surface area contributed by atoms with Crippen LogP contribution in [0.25, 0.3) is 22.8 Å². The van der Waals surface area contributed by atoms with Crippen LogP contribution in [0.3, 0.4) is 0 Å². The number of nitrogens with one attached hydrogen (secondary N) is 1. The van der Waals surface area contributed by atoms with Crippen molar-refractivity contribution in [2.75, 3.05) is 0 Å². The standard InChI is InChI=1S/C23H19N7O/c1-16(2)30-15-28-29-22(30)19-9-6-11-25-21(19)20-18(13-24-14-27-20)10-12-26-23(31)17-7-4-3-5-8-17/h3-9,11,13-16H,1-2H3,(H,26,31). The maximum Gasteiger partial charge on any atom is 0.262 e. The molecular formula is C23H19N7O. The Kier molecular flexibility index (Phi) is 5.76. The molecule has 0 bridgehead atoms. The Balaban J connectivity index is 1.70. The van der Waals surface area contributed by atoms with Gasteiger partial charge in [0.15, 0.2) is 5.82 Å². The van der Waals surface area contributed by atoms with Gasteiger partial charge in [-0.25, -0.2) is 9.97 Å². The van der Waals surface area contributed by atoms with E-state index >= 15 is 0 Å². The van der Waals surface area contributed by atoms with E-state index in [0.717, 1.165) is 5.56 Å².